The van der Waals surface area contributed by atoms with Crippen LogP contribution in [0.2, 0.25) is 0 Å². The Labute approximate surface area is 66.4 Å². The maximum Gasteiger partial charge on any atom is 0.374 e. The van der Waals surface area contributed by atoms with E-state index in [2.05, 4.69) is 4.74 Å². The number of ether oxygens (including phenoxy) is 2. The van der Waals surface area contributed by atoms with Gasteiger partial charge in [0.2, 0.25) is 5.76 Å². The normalized spacial score (nSPS) is 10.7. The summed E-state index contributed by atoms with van der Waals surface area (Å²) in [6.07, 6.45) is 1.55. The summed E-state index contributed by atoms with van der Waals surface area (Å²) in [6, 6.07) is 0. The van der Waals surface area contributed by atoms with E-state index in [0.29, 0.717) is 0 Å². The van der Waals surface area contributed by atoms with Gasteiger partial charge in [-0.2, -0.15) is 0 Å². The van der Waals surface area contributed by atoms with Gasteiger partial charge in [0.25, 0.3) is 0 Å². The molecule has 0 radical (unpaired) electrons. The zero-order chi connectivity index (χ0) is 8.85. The number of nitrogens with zero attached hydrogens (tertiary/aromatic N) is 1. The smallest absolute Gasteiger partial charge is 0.374 e. The van der Waals surface area contributed by atoms with Crippen molar-refractivity contribution >= 4 is 5.97 Å². The Hall–Kier alpha value is -1.19. The molecule has 0 saturated carbocycles. The molecule has 0 aromatic heterocycles. The van der Waals surface area contributed by atoms with Gasteiger partial charge in [-0.3, -0.25) is 0 Å². The summed E-state index contributed by atoms with van der Waals surface area (Å²) >= 11 is 0. The fourth-order valence-corrected chi connectivity index (χ4v) is 0.524. The van der Waals surface area contributed by atoms with Gasteiger partial charge in [-0.25, -0.2) is 4.79 Å². The predicted octanol–water partition coefficient (Wildman–Crippen LogP) is 0.209. The van der Waals surface area contributed by atoms with Crippen LogP contribution in [-0.4, -0.2) is 39.2 Å². The van der Waals surface area contributed by atoms with E-state index in [1.165, 1.54) is 14.2 Å². The summed E-state index contributed by atoms with van der Waals surface area (Å²) in [4.78, 5) is 12.5. The van der Waals surface area contributed by atoms with Crippen molar-refractivity contribution < 1.29 is 14.3 Å². The molecule has 0 unspecified atom stereocenters. The monoisotopic (exact) mass is 159 g/mol. The Morgan fingerprint density at radius 1 is 1.27 bits per heavy atom. The molecule has 0 aliphatic heterocycles. The topological polar surface area (TPSA) is 38.8 Å². The average molecular weight is 159 g/mol. The SMILES string of the molecule is COC(=O)/C(=C/N(C)C)OC. The quantitative estimate of drug-likeness (QED) is 0.335. The Bertz CT molecular complexity index is 163. The van der Waals surface area contributed by atoms with Crippen LogP contribution < -0.4 is 0 Å². The standard InChI is InChI=1S/C7H13NO3/c1-8(2)5-6(10-3)7(9)11-4/h5H,1-4H3/b6-5-. The van der Waals surface area contributed by atoms with E-state index < -0.39 is 5.97 Å². The van der Waals surface area contributed by atoms with E-state index >= 15 is 0 Å². The molecule has 0 N–H and O–H groups in total. The number of hydrogen-bond acceptors (Lipinski definition) is 4. The molecule has 64 valence electrons. The number of methoxy groups -OCH3 is 2. The number of carbonyl (C=O) groups excluding carboxylic acids is 1. The van der Waals surface area contributed by atoms with Gasteiger partial charge in [-0.05, 0) is 0 Å². The Morgan fingerprint density at radius 2 is 1.82 bits per heavy atom. The summed E-state index contributed by atoms with van der Waals surface area (Å²) < 4.78 is 9.20. The average Bonchev–Trinajstić information content (AvgIpc) is 1.98. The van der Waals surface area contributed by atoms with Gasteiger partial charge < -0.3 is 14.4 Å². The first-order chi connectivity index (χ1) is 5.11. The second-order valence-corrected chi connectivity index (χ2v) is 2.15. The van der Waals surface area contributed by atoms with Crippen LogP contribution in [0, 0.1) is 0 Å². The Balaban J connectivity index is 4.27. The minimum absolute atomic E-state index is 0.192. The zero-order valence-electron chi connectivity index (χ0n) is 7.25. The van der Waals surface area contributed by atoms with Crippen molar-refractivity contribution in [2.45, 2.75) is 0 Å². The van der Waals surface area contributed by atoms with Crippen LogP contribution in [0.5, 0.6) is 0 Å². The van der Waals surface area contributed by atoms with Crippen LogP contribution in [0.1, 0.15) is 0 Å². The maximum atomic E-state index is 10.8. The maximum absolute atomic E-state index is 10.8. The van der Waals surface area contributed by atoms with Gasteiger partial charge >= 0.3 is 5.97 Å². The molecule has 4 heteroatoms. The first kappa shape index (κ1) is 9.81. The summed E-state index contributed by atoms with van der Waals surface area (Å²) in [7, 11) is 6.32. The van der Waals surface area contributed by atoms with Crippen LogP contribution >= 0.6 is 0 Å². The van der Waals surface area contributed by atoms with E-state index in [9.17, 15) is 4.79 Å². The highest BCUT2D eigenvalue weighted by Gasteiger charge is 2.08. The van der Waals surface area contributed by atoms with Gasteiger partial charge in [-0.1, -0.05) is 0 Å². The molecule has 0 aromatic rings. The predicted molar refractivity (Wildman–Crippen MR) is 40.8 cm³/mol. The van der Waals surface area contributed by atoms with Crippen molar-refractivity contribution in [3.63, 3.8) is 0 Å². The largest absolute Gasteiger partial charge is 0.489 e. The lowest BCUT2D eigenvalue weighted by molar-refractivity contribution is -0.139. The molecule has 0 amide bonds. The second kappa shape index (κ2) is 4.60. The first-order valence-corrected chi connectivity index (χ1v) is 3.12. The van der Waals surface area contributed by atoms with Crippen LogP contribution in [0.15, 0.2) is 12.0 Å². The van der Waals surface area contributed by atoms with Gasteiger partial charge in [0.15, 0.2) is 0 Å². The van der Waals surface area contributed by atoms with Crippen molar-refractivity contribution in [2.75, 3.05) is 28.3 Å². The molecular formula is C7H13NO3. The van der Waals surface area contributed by atoms with Crippen LogP contribution in [0.4, 0.5) is 0 Å². The molecule has 0 atom stereocenters. The number of esters is 1. The number of carbonyl (C=O) groups is 1. The van der Waals surface area contributed by atoms with Gasteiger partial charge in [0, 0.05) is 20.3 Å². The lowest BCUT2D eigenvalue weighted by Gasteiger charge is -2.08. The van der Waals surface area contributed by atoms with Crippen molar-refractivity contribution in [1.82, 2.24) is 4.90 Å². The molecule has 0 spiro atoms. The third-order valence-corrected chi connectivity index (χ3v) is 0.982. The minimum Gasteiger partial charge on any atom is -0.489 e. The third kappa shape index (κ3) is 3.50. The summed E-state index contributed by atoms with van der Waals surface area (Å²) in [5.41, 5.74) is 0. The van der Waals surface area contributed by atoms with Crippen molar-refractivity contribution in [3.05, 3.63) is 12.0 Å². The highest BCUT2D eigenvalue weighted by Crippen LogP contribution is 1.98. The Morgan fingerprint density at radius 3 is 2.09 bits per heavy atom. The van der Waals surface area contributed by atoms with Gasteiger partial charge in [-0.15, -0.1) is 0 Å². The van der Waals surface area contributed by atoms with Crippen molar-refractivity contribution in [2.24, 2.45) is 0 Å². The fraction of sp³-hybridized carbons (Fsp3) is 0.571. The summed E-state index contributed by atoms with van der Waals surface area (Å²) in [6.45, 7) is 0. The highest BCUT2D eigenvalue weighted by molar-refractivity contribution is 5.85. The summed E-state index contributed by atoms with van der Waals surface area (Å²) in [5.74, 6) is -0.279. The fourth-order valence-electron chi connectivity index (χ4n) is 0.524. The highest BCUT2D eigenvalue weighted by atomic mass is 16.6. The molecular weight excluding hydrogens is 146 g/mol. The second-order valence-electron chi connectivity index (χ2n) is 2.15. The molecule has 0 aliphatic rings. The van der Waals surface area contributed by atoms with Crippen molar-refractivity contribution in [3.8, 4) is 0 Å². The van der Waals surface area contributed by atoms with Gasteiger partial charge in [0.1, 0.15) is 0 Å². The van der Waals surface area contributed by atoms with Crippen LogP contribution in [0.3, 0.4) is 0 Å². The minimum atomic E-state index is -0.471. The zero-order valence-corrected chi connectivity index (χ0v) is 7.25. The molecule has 0 fully saturated rings. The third-order valence-electron chi connectivity index (χ3n) is 0.982. The molecule has 0 heterocycles. The van der Waals surface area contributed by atoms with E-state index in [1.807, 2.05) is 0 Å². The van der Waals surface area contributed by atoms with Crippen LogP contribution in [0.25, 0.3) is 0 Å². The van der Waals surface area contributed by atoms with E-state index in [0.717, 1.165) is 0 Å². The first-order valence-electron chi connectivity index (χ1n) is 3.12. The molecule has 4 nitrogen and oxygen atoms in total. The molecule has 11 heavy (non-hydrogen) atoms. The lowest BCUT2D eigenvalue weighted by atomic mass is 10.5. The molecule has 0 rings (SSSR count). The number of rotatable bonds is 3. The van der Waals surface area contributed by atoms with E-state index in [1.54, 1.807) is 25.2 Å². The Kier molecular flexibility index (Phi) is 4.10. The molecule has 0 aromatic carbocycles. The van der Waals surface area contributed by atoms with Gasteiger partial charge in [0.05, 0.1) is 14.2 Å². The van der Waals surface area contributed by atoms with E-state index in [4.69, 9.17) is 4.74 Å². The van der Waals surface area contributed by atoms with Crippen LogP contribution in [-0.2, 0) is 14.3 Å². The molecule has 0 aliphatic carbocycles. The number of hydrogen-bond donors (Lipinski definition) is 0. The lowest BCUT2D eigenvalue weighted by Crippen LogP contribution is -2.11. The molecule has 0 bridgehead atoms. The van der Waals surface area contributed by atoms with Crippen molar-refractivity contribution in [1.29, 1.82) is 0 Å². The summed E-state index contributed by atoms with van der Waals surface area (Å²) in [5, 5.41) is 0. The molecule has 0 saturated heterocycles. The van der Waals surface area contributed by atoms with E-state index in [-0.39, 0.29) is 5.76 Å².